The van der Waals surface area contributed by atoms with E-state index in [4.69, 9.17) is 5.14 Å². The normalized spacial score (nSPS) is 19.1. The first kappa shape index (κ1) is 15.5. The molecule has 0 atom stereocenters. The van der Waals surface area contributed by atoms with Crippen LogP contribution in [0.4, 0.5) is 0 Å². The number of primary sulfonamides is 1. The second-order valence-electron chi connectivity index (χ2n) is 7.07. The molecule has 1 saturated carbocycles. The number of nitrogens with zero attached hydrogens (tertiary/aromatic N) is 1. The van der Waals surface area contributed by atoms with Crippen LogP contribution in [0.25, 0.3) is 11.1 Å². The average Bonchev–Trinajstić information content (AvgIpc) is 3.19. The van der Waals surface area contributed by atoms with Gasteiger partial charge in [0.2, 0.25) is 10.0 Å². The first-order valence-electron chi connectivity index (χ1n) is 8.15. The lowest BCUT2D eigenvalue weighted by Crippen LogP contribution is -2.11. The van der Waals surface area contributed by atoms with Crippen molar-refractivity contribution in [2.75, 3.05) is 0 Å². The van der Waals surface area contributed by atoms with Crippen LogP contribution >= 0.6 is 0 Å². The van der Waals surface area contributed by atoms with Gasteiger partial charge in [-0.3, -0.25) is 4.98 Å². The molecule has 2 aromatic rings. The lowest BCUT2D eigenvalue weighted by Gasteiger charge is -2.09. The number of sulfonamides is 1. The third kappa shape index (κ3) is 2.78. The molecule has 1 aromatic carbocycles. The maximum Gasteiger partial charge on any atom is 0.238 e. The number of benzene rings is 1. The first-order valence-corrected chi connectivity index (χ1v) is 9.69. The summed E-state index contributed by atoms with van der Waals surface area (Å²) in [4.78, 5) is 4.59. The van der Waals surface area contributed by atoms with Gasteiger partial charge in [-0.1, -0.05) is 18.2 Å². The topological polar surface area (TPSA) is 73.1 Å². The second kappa shape index (κ2) is 5.26. The molecule has 1 heterocycles. The molecule has 2 N–H and O–H groups in total. The molecule has 0 aliphatic heterocycles. The molecule has 4 rings (SSSR count). The molecule has 0 unspecified atom stereocenters. The summed E-state index contributed by atoms with van der Waals surface area (Å²) >= 11 is 0. The third-order valence-electron chi connectivity index (χ3n) is 5.22. The zero-order valence-corrected chi connectivity index (χ0v) is 14.4. The van der Waals surface area contributed by atoms with Crippen LogP contribution in [-0.4, -0.2) is 13.4 Å². The van der Waals surface area contributed by atoms with E-state index in [1.165, 1.54) is 29.6 Å². The minimum Gasteiger partial charge on any atom is -0.261 e. The van der Waals surface area contributed by atoms with Gasteiger partial charge in [-0.2, -0.15) is 0 Å². The highest BCUT2D eigenvalue weighted by Crippen LogP contribution is 2.63. The molecular formula is C19H20N2O2S. The van der Waals surface area contributed by atoms with E-state index in [1.54, 1.807) is 12.1 Å². The summed E-state index contributed by atoms with van der Waals surface area (Å²) in [6.07, 6.45) is 6.64. The Morgan fingerprint density at radius 3 is 2.04 bits per heavy atom. The molecule has 4 nitrogen and oxygen atoms in total. The van der Waals surface area contributed by atoms with Crippen molar-refractivity contribution in [1.82, 2.24) is 4.98 Å². The summed E-state index contributed by atoms with van der Waals surface area (Å²) in [7, 11) is -3.65. The summed E-state index contributed by atoms with van der Waals surface area (Å²) in [5.74, 6) is 0. The van der Waals surface area contributed by atoms with Crippen LogP contribution in [0.15, 0.2) is 47.5 Å². The van der Waals surface area contributed by atoms with Crippen molar-refractivity contribution in [2.24, 2.45) is 10.6 Å². The first-order chi connectivity index (χ1) is 11.4. The van der Waals surface area contributed by atoms with Crippen LogP contribution in [0.5, 0.6) is 0 Å². The average molecular weight is 340 g/mol. The van der Waals surface area contributed by atoms with Gasteiger partial charge in [0.15, 0.2) is 0 Å². The molecule has 24 heavy (non-hydrogen) atoms. The highest BCUT2D eigenvalue weighted by atomic mass is 32.2. The van der Waals surface area contributed by atoms with Gasteiger partial charge in [-0.05, 0) is 78.5 Å². The summed E-state index contributed by atoms with van der Waals surface area (Å²) in [5.41, 5.74) is 6.37. The van der Waals surface area contributed by atoms with Crippen LogP contribution in [-0.2, 0) is 10.0 Å². The summed E-state index contributed by atoms with van der Waals surface area (Å²) < 4.78 is 22.9. The fraction of sp³-hybridized carbons (Fsp3) is 0.316. The summed E-state index contributed by atoms with van der Waals surface area (Å²) in [6, 6.07) is 11.1. The molecule has 124 valence electrons. The number of hydrogen-bond acceptors (Lipinski definition) is 3. The number of aromatic nitrogens is 1. The van der Waals surface area contributed by atoms with E-state index in [0.717, 1.165) is 24.1 Å². The van der Waals surface area contributed by atoms with Gasteiger partial charge in [0.1, 0.15) is 0 Å². The van der Waals surface area contributed by atoms with Gasteiger partial charge in [0.05, 0.1) is 4.90 Å². The summed E-state index contributed by atoms with van der Waals surface area (Å²) in [5, 5.41) is 5.20. The van der Waals surface area contributed by atoms with Gasteiger partial charge in [0.25, 0.3) is 0 Å². The number of pyridine rings is 1. The van der Waals surface area contributed by atoms with Crippen molar-refractivity contribution in [1.29, 1.82) is 0 Å². The molecule has 0 bridgehead atoms. The minimum atomic E-state index is -3.65. The number of allylic oxidation sites excluding steroid dienone is 2. The van der Waals surface area contributed by atoms with E-state index in [-0.39, 0.29) is 4.90 Å². The highest BCUT2D eigenvalue weighted by Gasteiger charge is 2.48. The molecule has 1 aromatic heterocycles. The number of aryl methyl sites for hydroxylation is 1. The zero-order chi connectivity index (χ0) is 16.9. The number of hydrogen-bond donors (Lipinski definition) is 1. The quantitative estimate of drug-likeness (QED) is 0.929. The van der Waals surface area contributed by atoms with Crippen molar-refractivity contribution in [2.45, 2.75) is 37.5 Å². The predicted octanol–water partition coefficient (Wildman–Crippen LogP) is 3.52. The largest absolute Gasteiger partial charge is 0.261 e. The molecule has 1 fully saturated rings. The molecule has 0 radical (unpaired) electrons. The van der Waals surface area contributed by atoms with Crippen molar-refractivity contribution >= 4 is 21.2 Å². The third-order valence-corrected chi connectivity index (χ3v) is 6.15. The summed E-state index contributed by atoms with van der Waals surface area (Å²) in [6.45, 7) is 1.99. The molecule has 0 saturated heterocycles. The maximum atomic E-state index is 11.5. The van der Waals surface area contributed by atoms with Crippen molar-refractivity contribution in [3.05, 3.63) is 59.4 Å². The van der Waals surface area contributed by atoms with Gasteiger partial charge in [0, 0.05) is 11.9 Å². The van der Waals surface area contributed by atoms with Gasteiger partial charge >= 0.3 is 0 Å². The minimum absolute atomic E-state index is 0.157. The smallest absolute Gasteiger partial charge is 0.238 e. The van der Waals surface area contributed by atoms with Gasteiger partial charge in [-0.25, -0.2) is 13.6 Å². The Hall–Kier alpha value is -1.98. The molecule has 2 aliphatic rings. The lowest BCUT2D eigenvalue weighted by atomic mass is 9.98. The predicted molar refractivity (Wildman–Crippen MR) is 94.5 cm³/mol. The van der Waals surface area contributed by atoms with Crippen molar-refractivity contribution < 1.29 is 8.42 Å². The molecule has 2 aliphatic carbocycles. The fourth-order valence-electron chi connectivity index (χ4n) is 3.60. The second-order valence-corrected chi connectivity index (χ2v) is 8.63. The van der Waals surface area contributed by atoms with Crippen LogP contribution < -0.4 is 5.14 Å². The maximum absolute atomic E-state index is 11.5. The van der Waals surface area contributed by atoms with Crippen molar-refractivity contribution in [3.8, 4) is 0 Å². The van der Waals surface area contributed by atoms with Crippen molar-refractivity contribution in [3.63, 3.8) is 0 Å². The molecular weight excluding hydrogens is 320 g/mol. The fourth-order valence-corrected chi connectivity index (χ4v) is 4.12. The van der Waals surface area contributed by atoms with Crippen LogP contribution in [0.3, 0.4) is 0 Å². The molecule has 0 amide bonds. The standard InChI is InChI=1S/C19H20N2O2S/c1-13-2-3-15(12-21-13)18-11-19(8-9-19)10-17(18)14-4-6-16(7-5-14)24(20,22)23/h2-7,12H,8-11H2,1H3,(H2,20,22,23). The lowest BCUT2D eigenvalue weighted by molar-refractivity contribution is 0.568. The van der Waals surface area contributed by atoms with E-state index in [9.17, 15) is 8.42 Å². The highest BCUT2D eigenvalue weighted by molar-refractivity contribution is 7.89. The van der Waals surface area contributed by atoms with Crippen LogP contribution in [0.2, 0.25) is 0 Å². The zero-order valence-electron chi connectivity index (χ0n) is 13.6. The Morgan fingerprint density at radius 2 is 1.54 bits per heavy atom. The Kier molecular flexibility index (Phi) is 3.41. The van der Waals surface area contributed by atoms with E-state index in [1.807, 2.05) is 31.3 Å². The number of rotatable bonds is 3. The van der Waals surface area contributed by atoms with Crippen LogP contribution in [0.1, 0.15) is 42.5 Å². The Bertz CT molecular complexity index is 922. The monoisotopic (exact) mass is 340 g/mol. The SMILES string of the molecule is Cc1ccc(C2=C(c3ccc(S(N)(=O)=O)cc3)CC3(CC3)C2)cn1. The molecule has 5 heteroatoms. The van der Waals surface area contributed by atoms with E-state index in [0.29, 0.717) is 5.41 Å². The Balaban J connectivity index is 1.77. The number of nitrogens with two attached hydrogens (primary N) is 1. The van der Waals surface area contributed by atoms with E-state index in [2.05, 4.69) is 11.1 Å². The Labute approximate surface area is 142 Å². The molecule has 1 spiro atoms. The van der Waals surface area contributed by atoms with Gasteiger partial charge in [-0.15, -0.1) is 0 Å². The Morgan fingerprint density at radius 1 is 0.958 bits per heavy atom. The van der Waals surface area contributed by atoms with E-state index >= 15 is 0 Å². The van der Waals surface area contributed by atoms with Crippen LogP contribution in [0, 0.1) is 12.3 Å². The van der Waals surface area contributed by atoms with Gasteiger partial charge < -0.3 is 0 Å². The van der Waals surface area contributed by atoms with E-state index < -0.39 is 10.0 Å².